The number of carbonyl (C=O) groups excluding carboxylic acids is 1. The Morgan fingerprint density at radius 2 is 1.88 bits per heavy atom. The van der Waals surface area contributed by atoms with Gasteiger partial charge in [0, 0.05) is 34.5 Å². The molecule has 0 radical (unpaired) electrons. The second-order valence-electron chi connectivity index (χ2n) is 7.99. The van der Waals surface area contributed by atoms with E-state index < -0.39 is 0 Å². The van der Waals surface area contributed by atoms with E-state index in [-0.39, 0.29) is 11.7 Å². The fourth-order valence-corrected chi connectivity index (χ4v) is 4.88. The smallest absolute Gasteiger partial charge is 0.229 e. The maximum atomic E-state index is 13.3. The minimum absolute atomic E-state index is 0.0179. The van der Waals surface area contributed by atoms with E-state index in [9.17, 15) is 4.79 Å². The van der Waals surface area contributed by atoms with Crippen LogP contribution in [-0.4, -0.2) is 25.5 Å². The first-order valence-corrected chi connectivity index (χ1v) is 11.2. The van der Waals surface area contributed by atoms with Gasteiger partial charge in [0.25, 0.3) is 0 Å². The number of anilines is 2. The van der Waals surface area contributed by atoms with Crippen molar-refractivity contribution in [2.45, 2.75) is 18.8 Å². The fraction of sp³-hybridized carbons (Fsp3) is 0.125. The van der Waals surface area contributed by atoms with E-state index >= 15 is 0 Å². The lowest BCUT2D eigenvalue weighted by atomic mass is 9.85. The Hall–Kier alpha value is -3.55. The number of imidazole rings is 1. The predicted octanol–water partition coefficient (Wildman–Crippen LogP) is 6.30. The fourth-order valence-electron chi connectivity index (χ4n) is 4.36. The summed E-state index contributed by atoms with van der Waals surface area (Å²) in [6, 6.07) is 16.6. The van der Waals surface area contributed by atoms with Crippen LogP contribution in [0.2, 0.25) is 10.0 Å². The Kier molecular flexibility index (Phi) is 4.74. The molecule has 3 heterocycles. The summed E-state index contributed by atoms with van der Waals surface area (Å²) in [5.74, 6) is 1.66. The summed E-state index contributed by atoms with van der Waals surface area (Å²) < 4.78 is 7.31. The van der Waals surface area contributed by atoms with Gasteiger partial charge in [0.15, 0.2) is 11.6 Å². The van der Waals surface area contributed by atoms with Crippen molar-refractivity contribution < 1.29 is 9.21 Å². The molecular formula is C24H17Cl2N5O2. The molecule has 1 aliphatic rings. The van der Waals surface area contributed by atoms with Crippen LogP contribution in [0.3, 0.4) is 0 Å². The second-order valence-corrected chi connectivity index (χ2v) is 8.86. The Balaban J connectivity index is 1.50. The molecule has 0 fully saturated rings. The minimum Gasteiger partial charge on any atom is -0.469 e. The quantitative estimate of drug-likeness (QED) is 0.316. The molecule has 1 aliphatic carbocycles. The van der Waals surface area contributed by atoms with Gasteiger partial charge in [-0.25, -0.2) is 9.67 Å². The van der Waals surface area contributed by atoms with Gasteiger partial charge in [-0.05, 0) is 42.5 Å². The van der Waals surface area contributed by atoms with Crippen LogP contribution in [0.25, 0.3) is 17.0 Å². The first-order valence-electron chi connectivity index (χ1n) is 10.4. The van der Waals surface area contributed by atoms with Gasteiger partial charge in [-0.1, -0.05) is 35.3 Å². The van der Waals surface area contributed by atoms with E-state index in [0.717, 1.165) is 22.5 Å². The van der Waals surface area contributed by atoms with E-state index in [1.54, 1.807) is 29.1 Å². The number of para-hydroxylation sites is 2. The summed E-state index contributed by atoms with van der Waals surface area (Å²) in [6.07, 6.45) is 2.54. The molecule has 0 spiro atoms. The number of nitrogens with zero attached hydrogens (tertiary/aromatic N) is 3. The van der Waals surface area contributed by atoms with Crippen molar-refractivity contribution in [3.8, 4) is 5.95 Å². The number of Topliss-reactive ketones (excluding diaryl/α,β-unsaturated/α-hetero) is 1. The lowest BCUT2D eigenvalue weighted by Gasteiger charge is -2.20. The molecule has 3 aromatic heterocycles. The number of carbonyl (C=O) groups is 1. The Labute approximate surface area is 198 Å². The third kappa shape index (κ3) is 3.59. The monoisotopic (exact) mass is 477 g/mol. The average Bonchev–Trinajstić information content (AvgIpc) is 3.51. The van der Waals surface area contributed by atoms with Gasteiger partial charge >= 0.3 is 0 Å². The largest absolute Gasteiger partial charge is 0.469 e. The van der Waals surface area contributed by atoms with Crippen LogP contribution >= 0.6 is 23.2 Å². The van der Waals surface area contributed by atoms with Crippen molar-refractivity contribution in [2.75, 3.05) is 5.32 Å². The third-order valence-electron chi connectivity index (χ3n) is 5.78. The SMILES string of the molecule is O=C1CC(c2ccco2)Cc2c1c(Nc1cc(Cl)cc(Cl)c1)nn2-c1nc2ccccc2[nH]1. The van der Waals surface area contributed by atoms with Crippen LogP contribution in [0.4, 0.5) is 11.5 Å². The molecule has 164 valence electrons. The van der Waals surface area contributed by atoms with Crippen molar-refractivity contribution in [1.29, 1.82) is 0 Å². The summed E-state index contributed by atoms with van der Waals surface area (Å²) >= 11 is 12.3. The normalized spacial score (nSPS) is 15.7. The van der Waals surface area contributed by atoms with Gasteiger partial charge in [0.2, 0.25) is 5.95 Å². The molecule has 0 saturated carbocycles. The van der Waals surface area contributed by atoms with Gasteiger partial charge in [0.05, 0.1) is 28.6 Å². The van der Waals surface area contributed by atoms with E-state index in [2.05, 4.69) is 10.3 Å². The zero-order chi connectivity index (χ0) is 22.5. The first-order chi connectivity index (χ1) is 16.0. The van der Waals surface area contributed by atoms with Gasteiger partial charge in [-0.3, -0.25) is 4.79 Å². The van der Waals surface area contributed by atoms with Crippen molar-refractivity contribution in [3.05, 3.63) is 87.9 Å². The molecule has 0 aliphatic heterocycles. The number of furan rings is 1. The molecule has 0 bridgehead atoms. The number of aromatic amines is 1. The van der Waals surface area contributed by atoms with Crippen LogP contribution in [0.5, 0.6) is 0 Å². The molecule has 2 aromatic carbocycles. The summed E-state index contributed by atoms with van der Waals surface area (Å²) in [5, 5.41) is 8.96. The molecule has 33 heavy (non-hydrogen) atoms. The molecular weight excluding hydrogens is 461 g/mol. The number of nitrogens with one attached hydrogen (secondary N) is 2. The van der Waals surface area contributed by atoms with E-state index in [1.165, 1.54) is 0 Å². The van der Waals surface area contributed by atoms with E-state index in [4.69, 9.17) is 37.7 Å². The Bertz CT molecular complexity index is 1450. The standard InChI is InChI=1S/C24H17Cl2N5O2/c25-14-10-15(26)12-16(11-14)27-23-22-19(8-13(9-20(22)32)21-6-3-7-33-21)31(30-23)24-28-17-4-1-2-5-18(17)29-24/h1-7,10-13H,8-9H2,(H,27,30)(H,28,29). The summed E-state index contributed by atoms with van der Waals surface area (Å²) in [4.78, 5) is 21.3. The molecule has 1 atom stereocenters. The highest BCUT2D eigenvalue weighted by molar-refractivity contribution is 6.35. The minimum atomic E-state index is -0.0757. The van der Waals surface area contributed by atoms with Crippen LogP contribution in [0, 0.1) is 0 Å². The van der Waals surface area contributed by atoms with E-state index in [1.807, 2.05) is 36.4 Å². The average molecular weight is 478 g/mol. The third-order valence-corrected chi connectivity index (χ3v) is 6.22. The number of hydrogen-bond acceptors (Lipinski definition) is 5. The highest BCUT2D eigenvalue weighted by atomic mass is 35.5. The number of aromatic nitrogens is 4. The van der Waals surface area contributed by atoms with Gasteiger partial charge < -0.3 is 14.7 Å². The number of halogens is 2. The summed E-state index contributed by atoms with van der Waals surface area (Å²) in [6.45, 7) is 0. The molecule has 6 rings (SSSR count). The lowest BCUT2D eigenvalue weighted by molar-refractivity contribution is 0.0960. The Morgan fingerprint density at radius 1 is 1.06 bits per heavy atom. The number of hydrogen-bond donors (Lipinski definition) is 2. The first kappa shape index (κ1) is 20.1. The number of benzene rings is 2. The zero-order valence-electron chi connectivity index (χ0n) is 17.2. The van der Waals surface area contributed by atoms with Gasteiger partial charge in [-0.2, -0.15) is 0 Å². The molecule has 7 nitrogen and oxygen atoms in total. The summed E-state index contributed by atoms with van der Waals surface area (Å²) in [7, 11) is 0. The van der Waals surface area contributed by atoms with Crippen LogP contribution in [0.1, 0.15) is 34.2 Å². The molecule has 0 saturated heterocycles. The highest BCUT2D eigenvalue weighted by Gasteiger charge is 2.35. The maximum Gasteiger partial charge on any atom is 0.229 e. The number of ketones is 1. The topological polar surface area (TPSA) is 88.7 Å². The zero-order valence-corrected chi connectivity index (χ0v) is 18.7. The second kappa shape index (κ2) is 7.79. The Morgan fingerprint density at radius 3 is 2.64 bits per heavy atom. The predicted molar refractivity (Wildman–Crippen MR) is 127 cm³/mol. The summed E-state index contributed by atoms with van der Waals surface area (Å²) in [5.41, 5.74) is 3.65. The van der Waals surface area contributed by atoms with Crippen LogP contribution < -0.4 is 5.32 Å². The molecule has 5 aromatic rings. The lowest BCUT2D eigenvalue weighted by Crippen LogP contribution is -2.20. The van der Waals surface area contributed by atoms with Crippen LogP contribution in [-0.2, 0) is 6.42 Å². The van der Waals surface area contributed by atoms with Crippen molar-refractivity contribution in [3.63, 3.8) is 0 Å². The van der Waals surface area contributed by atoms with Crippen LogP contribution in [0.15, 0.2) is 65.3 Å². The van der Waals surface area contributed by atoms with Gasteiger partial charge in [0.1, 0.15) is 5.76 Å². The van der Waals surface area contributed by atoms with Crippen molar-refractivity contribution in [1.82, 2.24) is 19.7 Å². The number of H-pyrrole nitrogens is 1. The van der Waals surface area contributed by atoms with Crippen molar-refractivity contribution in [2.24, 2.45) is 0 Å². The number of fused-ring (bicyclic) bond motifs is 2. The van der Waals surface area contributed by atoms with Gasteiger partial charge in [-0.15, -0.1) is 5.10 Å². The molecule has 1 unspecified atom stereocenters. The van der Waals surface area contributed by atoms with E-state index in [0.29, 0.717) is 45.9 Å². The molecule has 0 amide bonds. The number of rotatable bonds is 4. The molecule has 2 N–H and O–H groups in total. The molecule has 9 heteroatoms. The van der Waals surface area contributed by atoms with Crippen molar-refractivity contribution >= 4 is 51.5 Å². The maximum absolute atomic E-state index is 13.3. The highest BCUT2D eigenvalue weighted by Crippen LogP contribution is 2.38.